The highest BCUT2D eigenvalue weighted by Gasteiger charge is 2.20. The van der Waals surface area contributed by atoms with Crippen molar-refractivity contribution in [3.63, 3.8) is 0 Å². The Morgan fingerprint density at radius 2 is 1.55 bits per heavy atom. The number of rotatable bonds is 8. The minimum absolute atomic E-state index is 0. The van der Waals surface area contributed by atoms with E-state index in [1.54, 1.807) is 28.4 Å². The van der Waals surface area contributed by atoms with Crippen LogP contribution in [0.3, 0.4) is 0 Å². The van der Waals surface area contributed by atoms with Gasteiger partial charge in [0.05, 0.1) is 35.0 Å². The number of piperazine rings is 1. The van der Waals surface area contributed by atoms with Crippen molar-refractivity contribution in [2.24, 2.45) is 4.99 Å². The second-order valence-electron chi connectivity index (χ2n) is 7.36. The van der Waals surface area contributed by atoms with E-state index in [0.717, 1.165) is 55.7 Å². The molecule has 1 N–H and O–H groups in total. The van der Waals surface area contributed by atoms with Gasteiger partial charge in [0.25, 0.3) is 0 Å². The van der Waals surface area contributed by atoms with Gasteiger partial charge in [0.2, 0.25) is 0 Å². The Kier molecular flexibility index (Phi) is 10.7. The van der Waals surface area contributed by atoms with E-state index in [2.05, 4.69) is 34.2 Å². The molecule has 0 saturated carbocycles. The first kappa shape index (κ1) is 26.7. The summed E-state index contributed by atoms with van der Waals surface area (Å²) in [5, 5.41) is 3.42. The normalized spacial score (nSPS) is 13.8. The number of benzene rings is 2. The van der Waals surface area contributed by atoms with Crippen LogP contribution < -0.4 is 29.2 Å². The smallest absolute Gasteiger partial charge is 0.194 e. The zero-order valence-electron chi connectivity index (χ0n) is 20.1. The van der Waals surface area contributed by atoms with Crippen molar-refractivity contribution >= 4 is 35.6 Å². The first-order valence-electron chi connectivity index (χ1n) is 10.8. The summed E-state index contributed by atoms with van der Waals surface area (Å²) in [6.45, 7) is 6.95. The van der Waals surface area contributed by atoms with Crippen LogP contribution in [-0.2, 0) is 6.54 Å². The standard InChI is InChI=1S/C24H34N4O4.HI/c1-6-25-24(26-17-18-14-22(31-4)23(32-5)16-21(18)30-3)28-12-10-27(11-13-28)19-8-7-9-20(15-19)29-2;/h7-9,14-16H,6,10-13,17H2,1-5H3,(H,25,26);1H. The maximum Gasteiger partial charge on any atom is 0.194 e. The molecule has 0 spiro atoms. The Labute approximate surface area is 213 Å². The largest absolute Gasteiger partial charge is 0.497 e. The minimum atomic E-state index is 0. The molecule has 0 radical (unpaired) electrons. The first-order chi connectivity index (χ1) is 15.6. The number of nitrogens with zero attached hydrogens (tertiary/aromatic N) is 3. The second-order valence-corrected chi connectivity index (χ2v) is 7.36. The molecule has 3 rings (SSSR count). The summed E-state index contributed by atoms with van der Waals surface area (Å²) in [6.07, 6.45) is 0. The van der Waals surface area contributed by atoms with E-state index in [9.17, 15) is 0 Å². The third-order valence-electron chi connectivity index (χ3n) is 5.52. The summed E-state index contributed by atoms with van der Waals surface area (Å²) in [5.41, 5.74) is 2.12. The number of methoxy groups -OCH3 is 4. The Hall–Kier alpha value is -2.56. The van der Waals surface area contributed by atoms with E-state index in [1.807, 2.05) is 24.3 Å². The number of anilines is 1. The molecular formula is C24H35IN4O4. The molecule has 33 heavy (non-hydrogen) atoms. The Morgan fingerprint density at radius 3 is 2.15 bits per heavy atom. The first-order valence-corrected chi connectivity index (χ1v) is 10.8. The predicted molar refractivity (Wildman–Crippen MR) is 143 cm³/mol. The molecule has 1 saturated heterocycles. The fourth-order valence-corrected chi connectivity index (χ4v) is 3.79. The van der Waals surface area contributed by atoms with Gasteiger partial charge in [-0.2, -0.15) is 0 Å². The average molecular weight is 570 g/mol. The van der Waals surface area contributed by atoms with E-state index in [0.29, 0.717) is 18.0 Å². The fraction of sp³-hybridized carbons (Fsp3) is 0.458. The highest BCUT2D eigenvalue weighted by atomic mass is 127. The van der Waals surface area contributed by atoms with Gasteiger partial charge >= 0.3 is 0 Å². The summed E-state index contributed by atoms with van der Waals surface area (Å²) in [5.74, 6) is 3.80. The van der Waals surface area contributed by atoms with Crippen LogP contribution >= 0.6 is 24.0 Å². The number of aliphatic imine (C=N–C) groups is 1. The molecular weight excluding hydrogens is 535 g/mol. The highest BCUT2D eigenvalue weighted by molar-refractivity contribution is 14.0. The van der Waals surface area contributed by atoms with Crippen molar-refractivity contribution in [2.45, 2.75) is 13.5 Å². The number of halogens is 1. The number of hydrogen-bond donors (Lipinski definition) is 1. The Balaban J connectivity index is 0.00000385. The highest BCUT2D eigenvalue weighted by Crippen LogP contribution is 2.35. The number of nitrogens with one attached hydrogen (secondary N) is 1. The molecule has 1 fully saturated rings. The average Bonchev–Trinajstić information content (AvgIpc) is 2.86. The topological polar surface area (TPSA) is 67.8 Å². The van der Waals surface area contributed by atoms with Gasteiger partial charge in [0.15, 0.2) is 17.5 Å². The molecule has 1 aliphatic rings. The maximum atomic E-state index is 5.55. The van der Waals surface area contributed by atoms with Crippen LogP contribution in [0.1, 0.15) is 12.5 Å². The Bertz CT molecular complexity index is 917. The van der Waals surface area contributed by atoms with E-state index in [1.165, 1.54) is 5.69 Å². The molecule has 9 heteroatoms. The summed E-state index contributed by atoms with van der Waals surface area (Å²) >= 11 is 0. The molecule has 0 aromatic heterocycles. The molecule has 0 unspecified atom stereocenters. The van der Waals surface area contributed by atoms with Gasteiger partial charge in [-0.3, -0.25) is 0 Å². The van der Waals surface area contributed by atoms with Crippen molar-refractivity contribution in [2.75, 3.05) is 66.1 Å². The van der Waals surface area contributed by atoms with Gasteiger partial charge in [-0.05, 0) is 25.1 Å². The monoisotopic (exact) mass is 570 g/mol. The van der Waals surface area contributed by atoms with Gasteiger partial charge in [-0.25, -0.2) is 4.99 Å². The van der Waals surface area contributed by atoms with Crippen LogP contribution in [0.15, 0.2) is 41.4 Å². The number of guanidine groups is 1. The fourth-order valence-electron chi connectivity index (χ4n) is 3.79. The molecule has 2 aromatic rings. The van der Waals surface area contributed by atoms with Gasteiger partial charge < -0.3 is 34.1 Å². The third kappa shape index (κ3) is 6.72. The maximum absolute atomic E-state index is 5.55. The van der Waals surface area contributed by atoms with Gasteiger partial charge in [-0.15, -0.1) is 24.0 Å². The van der Waals surface area contributed by atoms with Crippen LogP contribution in [0, 0.1) is 0 Å². The zero-order chi connectivity index (χ0) is 22.9. The molecule has 0 atom stereocenters. The van der Waals surface area contributed by atoms with Crippen molar-refractivity contribution in [3.8, 4) is 23.0 Å². The molecule has 0 bridgehead atoms. The van der Waals surface area contributed by atoms with Crippen molar-refractivity contribution in [1.82, 2.24) is 10.2 Å². The van der Waals surface area contributed by atoms with E-state index < -0.39 is 0 Å². The molecule has 8 nitrogen and oxygen atoms in total. The van der Waals surface area contributed by atoms with Crippen molar-refractivity contribution < 1.29 is 18.9 Å². The summed E-state index contributed by atoms with van der Waals surface area (Å²) in [7, 11) is 6.59. The number of hydrogen-bond acceptors (Lipinski definition) is 6. The van der Waals surface area contributed by atoms with E-state index >= 15 is 0 Å². The van der Waals surface area contributed by atoms with Crippen LogP contribution in [0.2, 0.25) is 0 Å². The molecule has 0 amide bonds. The lowest BCUT2D eigenvalue weighted by Gasteiger charge is -2.37. The lowest BCUT2D eigenvalue weighted by Crippen LogP contribution is -2.52. The molecule has 2 aromatic carbocycles. The van der Waals surface area contributed by atoms with E-state index in [4.69, 9.17) is 23.9 Å². The summed E-state index contributed by atoms with van der Waals surface area (Å²) < 4.78 is 21.7. The van der Waals surface area contributed by atoms with Gasteiger partial charge in [0.1, 0.15) is 11.5 Å². The summed E-state index contributed by atoms with van der Waals surface area (Å²) in [6, 6.07) is 12.0. The minimum Gasteiger partial charge on any atom is -0.497 e. The lowest BCUT2D eigenvalue weighted by molar-refractivity contribution is 0.347. The van der Waals surface area contributed by atoms with Gasteiger partial charge in [0, 0.05) is 56.1 Å². The Morgan fingerprint density at radius 1 is 0.879 bits per heavy atom. The van der Waals surface area contributed by atoms with Crippen molar-refractivity contribution in [3.05, 3.63) is 42.0 Å². The molecule has 1 heterocycles. The summed E-state index contributed by atoms with van der Waals surface area (Å²) in [4.78, 5) is 9.56. The third-order valence-corrected chi connectivity index (χ3v) is 5.52. The van der Waals surface area contributed by atoms with Crippen LogP contribution in [0.4, 0.5) is 5.69 Å². The molecule has 182 valence electrons. The van der Waals surface area contributed by atoms with Crippen LogP contribution in [0.5, 0.6) is 23.0 Å². The lowest BCUT2D eigenvalue weighted by atomic mass is 10.1. The number of ether oxygens (including phenoxy) is 4. The molecule has 1 aliphatic heterocycles. The van der Waals surface area contributed by atoms with Gasteiger partial charge in [-0.1, -0.05) is 6.07 Å². The SMILES string of the molecule is CCNC(=NCc1cc(OC)c(OC)cc1OC)N1CCN(c2cccc(OC)c2)CC1.I. The van der Waals surface area contributed by atoms with Crippen LogP contribution in [-0.4, -0.2) is 72.0 Å². The predicted octanol–water partition coefficient (Wildman–Crippen LogP) is 3.63. The van der Waals surface area contributed by atoms with E-state index in [-0.39, 0.29) is 24.0 Å². The quantitative estimate of drug-likeness (QED) is 0.296. The second kappa shape index (κ2) is 13.2. The zero-order valence-corrected chi connectivity index (χ0v) is 22.4. The van der Waals surface area contributed by atoms with Crippen molar-refractivity contribution in [1.29, 1.82) is 0 Å². The van der Waals surface area contributed by atoms with Crippen LogP contribution in [0.25, 0.3) is 0 Å². The molecule has 0 aliphatic carbocycles.